The first-order chi connectivity index (χ1) is 10.0. The first-order valence-electron chi connectivity index (χ1n) is 6.32. The summed E-state index contributed by atoms with van der Waals surface area (Å²) in [7, 11) is -3.74. The Morgan fingerprint density at radius 1 is 1.24 bits per heavy atom. The smallest absolute Gasteiger partial charge is 0.264 e. The second kappa shape index (κ2) is 6.84. The zero-order chi connectivity index (χ0) is 15.3. The Bertz CT molecular complexity index is 707. The lowest BCUT2D eigenvalue weighted by Gasteiger charge is -2.10. The Labute approximate surface area is 128 Å². The molecule has 1 aromatic carbocycles. The van der Waals surface area contributed by atoms with Crippen LogP contribution in [0.1, 0.15) is 12.5 Å². The molecule has 112 valence electrons. The van der Waals surface area contributed by atoms with E-state index in [1.165, 1.54) is 24.5 Å². The number of halogens is 1. The van der Waals surface area contributed by atoms with Crippen LogP contribution in [0.3, 0.4) is 0 Å². The minimum Gasteiger partial charge on any atom is -0.313 e. The van der Waals surface area contributed by atoms with Crippen LogP contribution in [0.15, 0.2) is 41.6 Å². The van der Waals surface area contributed by atoms with E-state index in [4.69, 9.17) is 11.6 Å². The van der Waals surface area contributed by atoms with Crippen molar-refractivity contribution in [1.82, 2.24) is 15.3 Å². The number of aromatic nitrogens is 2. The molecular weight excluding hydrogens is 312 g/mol. The zero-order valence-electron chi connectivity index (χ0n) is 11.4. The molecule has 0 aliphatic carbocycles. The van der Waals surface area contributed by atoms with Gasteiger partial charge in [0.1, 0.15) is 0 Å². The fourth-order valence-corrected chi connectivity index (χ4v) is 2.84. The predicted molar refractivity (Wildman–Crippen MR) is 81.7 cm³/mol. The molecule has 1 heterocycles. The van der Waals surface area contributed by atoms with E-state index in [2.05, 4.69) is 20.0 Å². The van der Waals surface area contributed by atoms with E-state index in [-0.39, 0.29) is 10.8 Å². The lowest BCUT2D eigenvalue weighted by molar-refractivity contribution is 0.600. The van der Waals surface area contributed by atoms with Gasteiger partial charge in [0.25, 0.3) is 10.0 Å². The molecule has 21 heavy (non-hydrogen) atoms. The molecule has 2 aromatic rings. The number of sulfonamides is 1. The van der Waals surface area contributed by atoms with Crippen LogP contribution in [-0.2, 0) is 16.6 Å². The van der Waals surface area contributed by atoms with E-state index in [9.17, 15) is 8.42 Å². The molecule has 0 atom stereocenters. The highest BCUT2D eigenvalue weighted by Gasteiger charge is 2.17. The fourth-order valence-electron chi connectivity index (χ4n) is 1.64. The number of nitrogens with one attached hydrogen (secondary N) is 2. The third kappa shape index (κ3) is 4.13. The van der Waals surface area contributed by atoms with Gasteiger partial charge in [-0.15, -0.1) is 0 Å². The average molecular weight is 327 g/mol. The van der Waals surface area contributed by atoms with Gasteiger partial charge in [0.05, 0.1) is 4.90 Å². The monoisotopic (exact) mass is 326 g/mol. The fraction of sp³-hybridized carbons (Fsp3) is 0.231. The van der Waals surface area contributed by atoms with Crippen molar-refractivity contribution in [3.05, 3.63) is 47.2 Å². The molecule has 1 aromatic heterocycles. The van der Waals surface area contributed by atoms with Crippen molar-refractivity contribution in [3.63, 3.8) is 0 Å². The number of hydrogen-bond donors (Lipinski definition) is 2. The molecule has 2 rings (SSSR count). The summed E-state index contributed by atoms with van der Waals surface area (Å²) >= 11 is 6.06. The van der Waals surface area contributed by atoms with Gasteiger partial charge in [-0.25, -0.2) is 23.1 Å². The first-order valence-corrected chi connectivity index (χ1v) is 8.18. The van der Waals surface area contributed by atoms with Gasteiger partial charge in [-0.1, -0.05) is 18.5 Å². The molecule has 0 saturated heterocycles. The van der Waals surface area contributed by atoms with Crippen LogP contribution in [-0.4, -0.2) is 24.9 Å². The highest BCUT2D eigenvalue weighted by molar-refractivity contribution is 7.92. The molecule has 6 nitrogen and oxygen atoms in total. The molecule has 0 radical (unpaired) electrons. The maximum Gasteiger partial charge on any atom is 0.264 e. The van der Waals surface area contributed by atoms with Crippen molar-refractivity contribution in [1.29, 1.82) is 0 Å². The van der Waals surface area contributed by atoms with Crippen LogP contribution in [0, 0.1) is 0 Å². The standard InChI is InChI=1S/C13H15ClN4O2S/c1-2-15-9-10-8-11(4-5-12(10)14)21(19,20)18-13-16-6-3-7-17-13/h3-8,15H,2,9H2,1H3,(H,16,17,18). The van der Waals surface area contributed by atoms with Gasteiger partial charge < -0.3 is 5.32 Å². The lowest BCUT2D eigenvalue weighted by atomic mass is 10.2. The van der Waals surface area contributed by atoms with Gasteiger partial charge in [-0.2, -0.15) is 0 Å². The van der Waals surface area contributed by atoms with Gasteiger partial charge in [-0.05, 0) is 36.4 Å². The topological polar surface area (TPSA) is 84.0 Å². The summed E-state index contributed by atoms with van der Waals surface area (Å²) in [5.41, 5.74) is 0.718. The number of nitrogens with zero attached hydrogens (tertiary/aromatic N) is 2. The van der Waals surface area contributed by atoms with Crippen LogP contribution in [0.25, 0.3) is 0 Å². The molecule has 0 aliphatic rings. The van der Waals surface area contributed by atoms with Crippen molar-refractivity contribution in [2.24, 2.45) is 0 Å². The van der Waals surface area contributed by atoms with Crippen molar-refractivity contribution >= 4 is 27.6 Å². The normalized spacial score (nSPS) is 11.3. The molecule has 0 bridgehead atoms. The Morgan fingerprint density at radius 3 is 2.62 bits per heavy atom. The van der Waals surface area contributed by atoms with Gasteiger partial charge in [0.2, 0.25) is 5.95 Å². The second-order valence-corrected chi connectivity index (χ2v) is 6.30. The van der Waals surface area contributed by atoms with Gasteiger partial charge >= 0.3 is 0 Å². The third-order valence-electron chi connectivity index (χ3n) is 2.68. The molecule has 2 N–H and O–H groups in total. The summed E-state index contributed by atoms with van der Waals surface area (Å²) in [4.78, 5) is 7.80. The maximum atomic E-state index is 12.3. The molecule has 0 fully saturated rings. The van der Waals surface area contributed by atoms with Crippen LogP contribution in [0.2, 0.25) is 5.02 Å². The Morgan fingerprint density at radius 2 is 1.95 bits per heavy atom. The summed E-state index contributed by atoms with van der Waals surface area (Å²) in [6, 6.07) is 6.16. The summed E-state index contributed by atoms with van der Waals surface area (Å²) in [6.07, 6.45) is 2.92. The number of anilines is 1. The predicted octanol–water partition coefficient (Wildman–Crippen LogP) is 2.04. The maximum absolute atomic E-state index is 12.3. The van der Waals surface area contributed by atoms with Crippen LogP contribution in [0.4, 0.5) is 5.95 Å². The Kier molecular flexibility index (Phi) is 5.11. The van der Waals surface area contributed by atoms with Crippen molar-refractivity contribution in [2.75, 3.05) is 11.3 Å². The highest BCUT2D eigenvalue weighted by Crippen LogP contribution is 2.21. The highest BCUT2D eigenvalue weighted by atomic mass is 35.5. The molecule has 0 spiro atoms. The van der Waals surface area contributed by atoms with E-state index >= 15 is 0 Å². The Balaban J connectivity index is 2.27. The molecule has 0 amide bonds. The SMILES string of the molecule is CCNCc1cc(S(=O)(=O)Nc2ncccn2)ccc1Cl. The first kappa shape index (κ1) is 15.7. The van der Waals surface area contributed by atoms with Crippen molar-refractivity contribution in [3.8, 4) is 0 Å². The minimum absolute atomic E-state index is 0.0284. The lowest BCUT2D eigenvalue weighted by Crippen LogP contribution is -2.16. The number of rotatable bonds is 6. The van der Waals surface area contributed by atoms with Gasteiger partial charge in [0, 0.05) is 24.0 Å². The van der Waals surface area contributed by atoms with Crippen molar-refractivity contribution < 1.29 is 8.42 Å². The van der Waals surface area contributed by atoms with Gasteiger partial charge in [0.15, 0.2) is 0 Å². The quantitative estimate of drug-likeness (QED) is 0.848. The Hall–Kier alpha value is -1.70. The largest absolute Gasteiger partial charge is 0.313 e. The molecule has 0 aliphatic heterocycles. The van der Waals surface area contributed by atoms with E-state index < -0.39 is 10.0 Å². The molecule has 8 heteroatoms. The zero-order valence-corrected chi connectivity index (χ0v) is 12.9. The molecular formula is C13H15ClN4O2S. The summed E-state index contributed by atoms with van der Waals surface area (Å²) in [5, 5.41) is 3.63. The van der Waals surface area contributed by atoms with Gasteiger partial charge in [-0.3, -0.25) is 0 Å². The van der Waals surface area contributed by atoms with E-state index in [0.29, 0.717) is 11.6 Å². The average Bonchev–Trinajstić information content (AvgIpc) is 2.47. The van der Waals surface area contributed by atoms with E-state index in [1.54, 1.807) is 12.1 Å². The summed E-state index contributed by atoms with van der Waals surface area (Å²) in [6.45, 7) is 3.23. The van der Waals surface area contributed by atoms with Crippen LogP contribution in [0.5, 0.6) is 0 Å². The van der Waals surface area contributed by atoms with E-state index in [1.807, 2.05) is 6.92 Å². The third-order valence-corrected chi connectivity index (χ3v) is 4.38. The van der Waals surface area contributed by atoms with E-state index in [0.717, 1.165) is 12.1 Å². The second-order valence-electron chi connectivity index (χ2n) is 4.21. The summed E-state index contributed by atoms with van der Waals surface area (Å²) in [5.74, 6) is 0.0284. The van der Waals surface area contributed by atoms with Crippen LogP contribution < -0.4 is 10.0 Å². The number of hydrogen-bond acceptors (Lipinski definition) is 5. The summed E-state index contributed by atoms with van der Waals surface area (Å²) < 4.78 is 26.9. The van der Waals surface area contributed by atoms with Crippen LogP contribution >= 0.6 is 11.6 Å². The number of benzene rings is 1. The minimum atomic E-state index is -3.74. The molecule has 0 saturated carbocycles. The van der Waals surface area contributed by atoms with Crippen molar-refractivity contribution in [2.45, 2.75) is 18.4 Å². The molecule has 0 unspecified atom stereocenters.